The van der Waals surface area contributed by atoms with E-state index in [0.29, 0.717) is 42.5 Å². The van der Waals surface area contributed by atoms with Crippen molar-refractivity contribution >= 4 is 39.7 Å². The Bertz CT molecular complexity index is 1220. The molecule has 3 aromatic heterocycles. The summed E-state index contributed by atoms with van der Waals surface area (Å²) in [5.74, 6) is 2.71. The number of aryl methyl sites for hydroxylation is 1. The first kappa shape index (κ1) is 21.8. The molecule has 0 aliphatic rings. The van der Waals surface area contributed by atoms with Crippen molar-refractivity contribution in [2.75, 3.05) is 32.6 Å². The minimum Gasteiger partial charge on any atom is -0.493 e. The topological polar surface area (TPSA) is 103 Å². The van der Waals surface area contributed by atoms with Gasteiger partial charge in [0.1, 0.15) is 5.82 Å². The summed E-state index contributed by atoms with van der Waals surface area (Å²) in [6.45, 7) is 3.25. The van der Waals surface area contributed by atoms with Crippen molar-refractivity contribution in [1.29, 1.82) is 0 Å². The molecule has 3 heterocycles. The van der Waals surface area contributed by atoms with E-state index in [1.54, 1.807) is 25.6 Å². The first-order chi connectivity index (χ1) is 15.6. The van der Waals surface area contributed by atoms with Crippen molar-refractivity contribution in [2.24, 2.45) is 0 Å². The van der Waals surface area contributed by atoms with E-state index in [1.807, 2.05) is 41.0 Å². The maximum Gasteiger partial charge on any atom is 0.225 e. The number of thiophene rings is 1. The van der Waals surface area contributed by atoms with Crippen molar-refractivity contribution in [3.05, 3.63) is 40.3 Å². The molecule has 0 saturated carbocycles. The normalized spacial score (nSPS) is 11.1. The molecule has 0 radical (unpaired) electrons. The van der Waals surface area contributed by atoms with Gasteiger partial charge in [0.05, 0.1) is 31.7 Å². The van der Waals surface area contributed by atoms with Crippen LogP contribution in [-0.4, -0.2) is 52.8 Å². The van der Waals surface area contributed by atoms with E-state index in [4.69, 9.17) is 14.5 Å². The lowest BCUT2D eigenvalue weighted by Gasteiger charge is -2.13. The van der Waals surface area contributed by atoms with E-state index in [2.05, 4.69) is 20.8 Å². The van der Waals surface area contributed by atoms with Crippen LogP contribution >= 0.6 is 11.3 Å². The van der Waals surface area contributed by atoms with Crippen molar-refractivity contribution < 1.29 is 14.3 Å². The Balaban J connectivity index is 1.40. The fraction of sp³-hybridized carbons (Fsp3) is 0.364. The Labute approximate surface area is 189 Å². The fourth-order valence-electron chi connectivity index (χ4n) is 3.54. The number of ether oxygens (including phenoxy) is 2. The number of anilines is 1. The number of nitrogens with zero attached hydrogens (tertiary/aromatic N) is 4. The molecular weight excluding hydrogens is 428 g/mol. The molecule has 4 rings (SSSR count). The van der Waals surface area contributed by atoms with E-state index >= 15 is 0 Å². The molecule has 9 nitrogen and oxygen atoms in total. The number of rotatable bonds is 10. The highest BCUT2D eigenvalue weighted by atomic mass is 32.1. The Morgan fingerprint density at radius 1 is 1.12 bits per heavy atom. The van der Waals surface area contributed by atoms with E-state index in [-0.39, 0.29) is 5.91 Å². The van der Waals surface area contributed by atoms with Crippen LogP contribution < -0.4 is 20.1 Å². The second-order valence-corrected chi connectivity index (χ2v) is 8.33. The molecule has 0 atom stereocenters. The minimum atomic E-state index is 0.0571. The summed E-state index contributed by atoms with van der Waals surface area (Å²) in [4.78, 5) is 17.8. The van der Waals surface area contributed by atoms with Crippen LogP contribution in [-0.2, 0) is 11.2 Å². The molecule has 1 amide bonds. The van der Waals surface area contributed by atoms with Gasteiger partial charge in [0.2, 0.25) is 11.6 Å². The van der Waals surface area contributed by atoms with Gasteiger partial charge in [0, 0.05) is 30.1 Å². The first-order valence-corrected chi connectivity index (χ1v) is 11.3. The minimum absolute atomic E-state index is 0.0571. The Hall–Kier alpha value is -3.40. The number of carbonyl (C=O) groups excluding carboxylic acids is 1. The van der Waals surface area contributed by atoms with Crippen LogP contribution in [0, 0.1) is 6.92 Å². The largest absolute Gasteiger partial charge is 0.493 e. The second kappa shape index (κ2) is 9.82. The summed E-state index contributed by atoms with van der Waals surface area (Å²) in [5, 5.41) is 16.8. The smallest absolute Gasteiger partial charge is 0.225 e. The highest BCUT2D eigenvalue weighted by Crippen LogP contribution is 2.33. The molecule has 0 bridgehead atoms. The number of carbonyl (C=O) groups is 1. The monoisotopic (exact) mass is 454 g/mol. The number of amides is 1. The predicted octanol–water partition coefficient (Wildman–Crippen LogP) is 3.22. The average molecular weight is 455 g/mol. The van der Waals surface area contributed by atoms with Crippen LogP contribution in [0.15, 0.2) is 29.6 Å². The third-order valence-electron chi connectivity index (χ3n) is 5.12. The van der Waals surface area contributed by atoms with Crippen LogP contribution in [0.3, 0.4) is 0 Å². The van der Waals surface area contributed by atoms with Gasteiger partial charge >= 0.3 is 0 Å². The average Bonchev–Trinajstić information content (AvgIpc) is 3.45. The van der Waals surface area contributed by atoms with Crippen molar-refractivity contribution in [2.45, 2.75) is 26.2 Å². The number of methoxy groups -OCH3 is 2. The van der Waals surface area contributed by atoms with E-state index < -0.39 is 0 Å². The third-order valence-corrected chi connectivity index (χ3v) is 6.00. The van der Waals surface area contributed by atoms with Gasteiger partial charge < -0.3 is 20.1 Å². The molecule has 0 saturated heterocycles. The highest BCUT2D eigenvalue weighted by molar-refractivity contribution is 7.10. The molecular formula is C22H26N6O3S. The van der Waals surface area contributed by atoms with E-state index in [9.17, 15) is 4.79 Å². The van der Waals surface area contributed by atoms with Gasteiger partial charge in [-0.05, 0) is 31.2 Å². The molecule has 0 aliphatic heterocycles. The Morgan fingerprint density at radius 2 is 1.91 bits per heavy atom. The van der Waals surface area contributed by atoms with Crippen LogP contribution in [0.5, 0.6) is 11.5 Å². The summed E-state index contributed by atoms with van der Waals surface area (Å²) in [6.07, 6.45) is 2.18. The summed E-state index contributed by atoms with van der Waals surface area (Å²) < 4.78 is 12.8. The number of benzene rings is 1. The molecule has 0 unspecified atom stereocenters. The van der Waals surface area contributed by atoms with Crippen molar-refractivity contribution in [1.82, 2.24) is 24.9 Å². The molecule has 1 aromatic carbocycles. The van der Waals surface area contributed by atoms with Gasteiger partial charge in [-0.3, -0.25) is 9.20 Å². The predicted molar refractivity (Wildman–Crippen MR) is 125 cm³/mol. The zero-order valence-corrected chi connectivity index (χ0v) is 19.2. The number of aromatic nitrogens is 4. The number of unbranched alkanes of at least 4 members (excludes halogenated alkanes) is 1. The quantitative estimate of drug-likeness (QED) is 0.355. The van der Waals surface area contributed by atoms with Crippen molar-refractivity contribution in [3.8, 4) is 11.5 Å². The molecule has 0 fully saturated rings. The SMILES string of the molecule is COc1cc2nc(NCCCCNC(=O)Cc3cccs3)c3nnc(C)n3c2cc1OC. The molecule has 0 aliphatic carbocycles. The lowest BCUT2D eigenvalue weighted by molar-refractivity contribution is -0.120. The van der Waals surface area contributed by atoms with Gasteiger partial charge in [-0.25, -0.2) is 4.98 Å². The standard InChI is InChI=1S/C22H26N6O3S/c1-14-26-27-22-21(24-9-5-4-8-23-20(29)11-15-7-6-10-32-15)25-16-12-18(30-2)19(31-3)13-17(16)28(14)22/h6-7,10,12-13H,4-5,8-9,11H2,1-3H3,(H,23,29)(H,24,25). The molecule has 168 valence electrons. The molecule has 10 heteroatoms. The van der Waals surface area contributed by atoms with Gasteiger partial charge in [-0.2, -0.15) is 0 Å². The fourth-order valence-corrected chi connectivity index (χ4v) is 4.24. The van der Waals surface area contributed by atoms with Gasteiger partial charge in [-0.1, -0.05) is 6.07 Å². The number of nitrogens with one attached hydrogen (secondary N) is 2. The van der Waals surface area contributed by atoms with Crippen LogP contribution in [0.2, 0.25) is 0 Å². The number of fused-ring (bicyclic) bond motifs is 3. The Morgan fingerprint density at radius 3 is 2.66 bits per heavy atom. The zero-order chi connectivity index (χ0) is 22.5. The molecule has 0 spiro atoms. The second-order valence-electron chi connectivity index (χ2n) is 7.30. The molecule has 2 N–H and O–H groups in total. The summed E-state index contributed by atoms with van der Waals surface area (Å²) in [5.41, 5.74) is 2.26. The maximum atomic E-state index is 12.0. The number of hydrogen-bond acceptors (Lipinski definition) is 8. The van der Waals surface area contributed by atoms with Crippen LogP contribution in [0.4, 0.5) is 5.82 Å². The van der Waals surface area contributed by atoms with Crippen LogP contribution in [0.25, 0.3) is 16.7 Å². The lowest BCUT2D eigenvalue weighted by Crippen LogP contribution is -2.26. The van der Waals surface area contributed by atoms with E-state index in [1.165, 1.54) is 0 Å². The van der Waals surface area contributed by atoms with Crippen molar-refractivity contribution in [3.63, 3.8) is 0 Å². The summed E-state index contributed by atoms with van der Waals surface area (Å²) in [7, 11) is 3.21. The van der Waals surface area contributed by atoms with Gasteiger partial charge in [0.15, 0.2) is 17.3 Å². The number of hydrogen-bond donors (Lipinski definition) is 2. The van der Waals surface area contributed by atoms with Crippen LogP contribution in [0.1, 0.15) is 23.5 Å². The first-order valence-electron chi connectivity index (χ1n) is 10.4. The van der Waals surface area contributed by atoms with Gasteiger partial charge in [-0.15, -0.1) is 21.5 Å². The summed E-state index contributed by atoms with van der Waals surface area (Å²) >= 11 is 1.60. The highest BCUT2D eigenvalue weighted by Gasteiger charge is 2.16. The molecule has 4 aromatic rings. The lowest BCUT2D eigenvalue weighted by atomic mass is 10.2. The maximum absolute atomic E-state index is 12.0. The third kappa shape index (κ3) is 4.59. The molecule has 32 heavy (non-hydrogen) atoms. The van der Waals surface area contributed by atoms with Gasteiger partial charge in [0.25, 0.3) is 0 Å². The zero-order valence-electron chi connectivity index (χ0n) is 18.3. The summed E-state index contributed by atoms with van der Waals surface area (Å²) in [6, 6.07) is 7.66. The Kier molecular flexibility index (Phi) is 6.69. The van der Waals surface area contributed by atoms with E-state index in [0.717, 1.165) is 34.6 Å².